The van der Waals surface area contributed by atoms with Gasteiger partial charge in [-0.25, -0.2) is 4.79 Å². The van der Waals surface area contributed by atoms with Gasteiger partial charge in [0.25, 0.3) is 0 Å². The Morgan fingerprint density at radius 2 is 1.81 bits per heavy atom. The zero-order valence-electron chi connectivity index (χ0n) is 10.9. The number of nitrogens with zero attached hydrogens (tertiary/aromatic N) is 1. The number of ether oxygens (including phenoxy) is 1. The van der Waals surface area contributed by atoms with E-state index in [1.807, 2.05) is 24.3 Å². The fraction of sp³-hybridized carbons (Fsp3) is 0.0625. The Kier molecular flexibility index (Phi) is 3.83. The highest BCUT2D eigenvalue weighted by molar-refractivity contribution is 14.1. The Bertz CT molecular complexity index is 750. The Labute approximate surface area is 134 Å². The molecule has 4 nitrogen and oxygen atoms in total. The minimum Gasteiger partial charge on any atom is -0.457 e. The molecule has 0 fully saturated rings. The van der Waals surface area contributed by atoms with E-state index in [-0.39, 0.29) is 12.6 Å². The monoisotopic (exact) mass is 391 g/mol. The highest BCUT2D eigenvalue weighted by atomic mass is 127. The van der Waals surface area contributed by atoms with E-state index < -0.39 is 0 Å². The molecule has 5 heteroatoms. The minimum absolute atomic E-state index is 0.244. The van der Waals surface area contributed by atoms with Crippen LogP contribution in [0, 0.1) is 8.48 Å². The molecule has 0 radical (unpaired) electrons. The fourth-order valence-electron chi connectivity index (χ4n) is 2.29. The number of carbonyl (C=O) groups is 1. The average Bonchev–Trinajstić information content (AvgIpc) is 2.89. The summed E-state index contributed by atoms with van der Waals surface area (Å²) in [7, 11) is 0. The maximum atomic E-state index is 12.0. The summed E-state index contributed by atoms with van der Waals surface area (Å²) in [6, 6.07) is 14.5. The van der Waals surface area contributed by atoms with E-state index in [0.717, 1.165) is 20.3 Å². The highest BCUT2D eigenvalue weighted by Gasteiger charge is 2.27. The van der Waals surface area contributed by atoms with Gasteiger partial charge in [-0.15, -0.1) is 4.91 Å². The number of halogens is 1. The first-order valence-corrected chi connectivity index (χ1v) is 7.37. The summed E-state index contributed by atoms with van der Waals surface area (Å²) in [5, 5.41) is 2.88. The predicted octanol–water partition coefficient (Wildman–Crippen LogP) is 4.16. The number of nitroso groups, excluding NO2 is 1. The van der Waals surface area contributed by atoms with Gasteiger partial charge in [-0.1, -0.05) is 24.3 Å². The molecule has 0 N–H and O–H groups in total. The van der Waals surface area contributed by atoms with Crippen molar-refractivity contribution in [3.05, 3.63) is 68.1 Å². The van der Waals surface area contributed by atoms with Gasteiger partial charge in [-0.2, -0.15) is 0 Å². The largest absolute Gasteiger partial charge is 0.457 e. The molecular weight excluding hydrogens is 381 g/mol. The molecule has 0 amide bonds. The third-order valence-corrected chi connectivity index (χ3v) is 3.96. The maximum Gasteiger partial charge on any atom is 0.339 e. The van der Waals surface area contributed by atoms with Crippen molar-refractivity contribution in [2.45, 2.75) is 0 Å². The lowest BCUT2D eigenvalue weighted by atomic mass is 9.96. The molecule has 104 valence electrons. The zero-order valence-corrected chi connectivity index (χ0v) is 13.0. The van der Waals surface area contributed by atoms with Crippen molar-refractivity contribution in [1.29, 1.82) is 0 Å². The van der Waals surface area contributed by atoms with E-state index in [1.165, 1.54) is 0 Å². The van der Waals surface area contributed by atoms with Gasteiger partial charge in [0.15, 0.2) is 0 Å². The van der Waals surface area contributed by atoms with Crippen molar-refractivity contribution in [3.63, 3.8) is 0 Å². The van der Waals surface area contributed by atoms with Crippen LogP contribution in [0.3, 0.4) is 0 Å². The summed E-state index contributed by atoms with van der Waals surface area (Å²) in [5.41, 5.74) is 3.49. The Morgan fingerprint density at radius 3 is 2.48 bits per heavy atom. The molecule has 0 saturated heterocycles. The number of hydrogen-bond acceptors (Lipinski definition) is 4. The summed E-state index contributed by atoms with van der Waals surface area (Å²) < 4.78 is 6.24. The standard InChI is InChI=1S/C16H10INO3/c17-12-3-1-2-11(8-12)15-14(9-21-16(15)19)10-4-6-13(18-20)7-5-10/h1-8H,9H2. The second-order valence-corrected chi connectivity index (χ2v) is 5.82. The molecule has 0 saturated carbocycles. The van der Waals surface area contributed by atoms with Crippen molar-refractivity contribution in [3.8, 4) is 0 Å². The van der Waals surface area contributed by atoms with E-state index in [9.17, 15) is 9.70 Å². The van der Waals surface area contributed by atoms with E-state index in [4.69, 9.17) is 4.74 Å². The summed E-state index contributed by atoms with van der Waals surface area (Å²) in [6.45, 7) is 0.244. The molecule has 1 aliphatic rings. The molecule has 0 bridgehead atoms. The second kappa shape index (κ2) is 5.77. The van der Waals surface area contributed by atoms with Crippen molar-refractivity contribution in [2.75, 3.05) is 6.61 Å². The van der Waals surface area contributed by atoms with Gasteiger partial charge in [0.1, 0.15) is 12.3 Å². The molecule has 1 heterocycles. The predicted molar refractivity (Wildman–Crippen MR) is 88.8 cm³/mol. The van der Waals surface area contributed by atoms with Crippen molar-refractivity contribution in [1.82, 2.24) is 0 Å². The van der Waals surface area contributed by atoms with Crippen LogP contribution in [0.15, 0.2) is 53.7 Å². The summed E-state index contributed by atoms with van der Waals surface area (Å²) in [4.78, 5) is 22.5. The number of carbonyl (C=O) groups excluding carboxylic acids is 1. The van der Waals surface area contributed by atoms with Crippen molar-refractivity contribution >= 4 is 45.4 Å². The summed E-state index contributed by atoms with van der Waals surface area (Å²) >= 11 is 2.21. The third kappa shape index (κ3) is 2.73. The lowest BCUT2D eigenvalue weighted by molar-refractivity contribution is -0.133. The smallest absolute Gasteiger partial charge is 0.339 e. The van der Waals surface area contributed by atoms with Crippen LogP contribution in [-0.4, -0.2) is 12.6 Å². The van der Waals surface area contributed by atoms with Crippen LogP contribution in [0.4, 0.5) is 5.69 Å². The van der Waals surface area contributed by atoms with Gasteiger partial charge in [0.05, 0.1) is 5.57 Å². The van der Waals surface area contributed by atoms with Crippen LogP contribution >= 0.6 is 22.6 Å². The Balaban J connectivity index is 2.12. The van der Waals surface area contributed by atoms with Crippen LogP contribution in [-0.2, 0) is 9.53 Å². The molecular formula is C16H10INO3. The van der Waals surface area contributed by atoms with E-state index in [2.05, 4.69) is 27.8 Å². The van der Waals surface area contributed by atoms with Gasteiger partial charge in [0, 0.05) is 9.14 Å². The molecule has 0 unspecified atom stereocenters. The molecule has 3 rings (SSSR count). The normalized spacial score (nSPS) is 14.2. The molecule has 2 aromatic rings. The first kappa shape index (κ1) is 13.9. The van der Waals surface area contributed by atoms with Crippen molar-refractivity contribution < 1.29 is 9.53 Å². The van der Waals surface area contributed by atoms with Crippen LogP contribution in [0.5, 0.6) is 0 Å². The quantitative estimate of drug-likeness (QED) is 0.449. The maximum absolute atomic E-state index is 12.0. The van der Waals surface area contributed by atoms with Crippen LogP contribution in [0.2, 0.25) is 0 Å². The highest BCUT2D eigenvalue weighted by Crippen LogP contribution is 2.33. The molecule has 21 heavy (non-hydrogen) atoms. The Morgan fingerprint density at radius 1 is 1.05 bits per heavy atom. The first-order valence-electron chi connectivity index (χ1n) is 6.29. The van der Waals surface area contributed by atoms with Crippen LogP contribution < -0.4 is 0 Å². The molecule has 0 aliphatic carbocycles. The third-order valence-electron chi connectivity index (χ3n) is 3.29. The Hall–Kier alpha value is -2.02. The van der Waals surface area contributed by atoms with Gasteiger partial charge in [-0.05, 0) is 63.2 Å². The lowest BCUT2D eigenvalue weighted by Gasteiger charge is -2.05. The zero-order chi connectivity index (χ0) is 14.8. The van der Waals surface area contributed by atoms with Crippen LogP contribution in [0.1, 0.15) is 11.1 Å². The molecule has 2 aromatic carbocycles. The van der Waals surface area contributed by atoms with Crippen LogP contribution in [0.25, 0.3) is 11.1 Å². The number of esters is 1. The molecule has 0 atom stereocenters. The number of benzene rings is 2. The minimum atomic E-state index is -0.315. The topological polar surface area (TPSA) is 55.7 Å². The van der Waals surface area contributed by atoms with Gasteiger partial charge in [-0.3, -0.25) is 0 Å². The van der Waals surface area contributed by atoms with Gasteiger partial charge in [0.2, 0.25) is 0 Å². The van der Waals surface area contributed by atoms with E-state index in [0.29, 0.717) is 11.3 Å². The molecule has 1 aliphatic heterocycles. The number of rotatable bonds is 3. The number of hydrogen-bond donors (Lipinski definition) is 0. The second-order valence-electron chi connectivity index (χ2n) is 4.58. The van der Waals surface area contributed by atoms with E-state index in [1.54, 1.807) is 24.3 Å². The van der Waals surface area contributed by atoms with Gasteiger partial charge >= 0.3 is 5.97 Å². The number of cyclic esters (lactones) is 1. The first-order chi connectivity index (χ1) is 10.2. The molecule has 0 aromatic heterocycles. The van der Waals surface area contributed by atoms with E-state index >= 15 is 0 Å². The lowest BCUT2D eigenvalue weighted by Crippen LogP contribution is -1.98. The SMILES string of the molecule is O=Nc1ccc(C2=C(c3cccc(I)c3)C(=O)OC2)cc1. The fourth-order valence-corrected chi connectivity index (χ4v) is 2.84. The van der Waals surface area contributed by atoms with Gasteiger partial charge < -0.3 is 4.74 Å². The van der Waals surface area contributed by atoms with Crippen molar-refractivity contribution in [2.24, 2.45) is 5.18 Å². The summed E-state index contributed by atoms with van der Waals surface area (Å²) in [5.74, 6) is -0.315. The summed E-state index contributed by atoms with van der Waals surface area (Å²) in [6.07, 6.45) is 0. The average molecular weight is 391 g/mol. The molecule has 0 spiro atoms.